The van der Waals surface area contributed by atoms with Gasteiger partial charge in [0.05, 0.1) is 5.41 Å². The number of hydrogen-bond acceptors (Lipinski definition) is 4. The second kappa shape index (κ2) is 7.52. The molecule has 1 heterocycles. The topological polar surface area (TPSA) is 73.6 Å². The molecular formula is C15H23ClN2O3. The van der Waals surface area contributed by atoms with E-state index in [0.29, 0.717) is 36.9 Å². The maximum atomic E-state index is 12.4. The molecule has 0 atom stereocenters. The smallest absolute Gasteiger partial charge is 0.231 e. The number of nitrogens with one attached hydrogen (secondary N) is 1. The van der Waals surface area contributed by atoms with E-state index >= 15 is 0 Å². The van der Waals surface area contributed by atoms with Gasteiger partial charge in [0.1, 0.15) is 13.2 Å². The molecule has 2 rings (SSSR count). The van der Waals surface area contributed by atoms with Crippen molar-refractivity contribution in [3.05, 3.63) is 18.2 Å². The monoisotopic (exact) mass is 314 g/mol. The summed E-state index contributed by atoms with van der Waals surface area (Å²) in [4.78, 5) is 12.4. The minimum atomic E-state index is -0.507. The molecule has 3 N–H and O–H groups in total. The van der Waals surface area contributed by atoms with E-state index in [0.717, 1.165) is 12.8 Å². The molecule has 0 spiro atoms. The van der Waals surface area contributed by atoms with Gasteiger partial charge in [-0.1, -0.05) is 13.8 Å². The summed E-state index contributed by atoms with van der Waals surface area (Å²) in [7, 11) is 0. The van der Waals surface area contributed by atoms with E-state index in [9.17, 15) is 4.79 Å². The molecule has 0 unspecified atom stereocenters. The van der Waals surface area contributed by atoms with Crippen molar-refractivity contribution in [2.24, 2.45) is 11.1 Å². The van der Waals surface area contributed by atoms with Crippen molar-refractivity contribution in [1.29, 1.82) is 0 Å². The minimum absolute atomic E-state index is 0. The van der Waals surface area contributed by atoms with Gasteiger partial charge in [-0.2, -0.15) is 0 Å². The Kier molecular flexibility index (Phi) is 6.30. The average Bonchev–Trinajstić information content (AvgIpc) is 2.49. The van der Waals surface area contributed by atoms with Gasteiger partial charge in [-0.05, 0) is 25.0 Å². The number of benzene rings is 1. The van der Waals surface area contributed by atoms with Crippen molar-refractivity contribution in [2.45, 2.75) is 26.7 Å². The molecule has 1 aromatic rings. The lowest BCUT2D eigenvalue weighted by molar-refractivity contribution is -0.125. The summed E-state index contributed by atoms with van der Waals surface area (Å²) in [6.45, 7) is 5.40. The molecule has 118 valence electrons. The van der Waals surface area contributed by atoms with Gasteiger partial charge in [-0.25, -0.2) is 0 Å². The number of amides is 1. The molecule has 1 aromatic carbocycles. The van der Waals surface area contributed by atoms with E-state index in [2.05, 4.69) is 5.32 Å². The number of carbonyl (C=O) groups excluding carboxylic acids is 1. The van der Waals surface area contributed by atoms with Crippen LogP contribution in [0.4, 0.5) is 5.69 Å². The zero-order valence-electron chi connectivity index (χ0n) is 12.5. The Hall–Kier alpha value is -1.46. The molecule has 0 aliphatic carbocycles. The number of rotatable bonds is 5. The molecule has 21 heavy (non-hydrogen) atoms. The van der Waals surface area contributed by atoms with Gasteiger partial charge in [0.2, 0.25) is 5.91 Å². The Morgan fingerprint density at radius 1 is 1.24 bits per heavy atom. The highest BCUT2D eigenvalue weighted by Crippen LogP contribution is 2.34. The molecule has 0 fully saturated rings. The van der Waals surface area contributed by atoms with Crippen molar-refractivity contribution in [3.8, 4) is 11.5 Å². The number of hydrogen-bond donors (Lipinski definition) is 2. The second-order valence-electron chi connectivity index (χ2n) is 5.00. The van der Waals surface area contributed by atoms with Gasteiger partial charge in [-0.3, -0.25) is 4.79 Å². The number of nitrogens with two attached hydrogens (primary N) is 1. The summed E-state index contributed by atoms with van der Waals surface area (Å²) in [6.07, 6.45) is 1.44. The standard InChI is InChI=1S/C15H22N2O3.ClH/c1-3-15(4-2,10-16)14(18)17-11-5-6-12-13(9-11)20-8-7-19-12;/h5-6,9H,3-4,7-8,10,16H2,1-2H3,(H,17,18);1H. The molecule has 1 aliphatic heterocycles. The molecule has 0 saturated heterocycles. The number of anilines is 1. The van der Waals surface area contributed by atoms with Crippen molar-refractivity contribution in [2.75, 3.05) is 25.1 Å². The maximum Gasteiger partial charge on any atom is 0.231 e. The van der Waals surface area contributed by atoms with Crippen LogP contribution in [0, 0.1) is 5.41 Å². The van der Waals surface area contributed by atoms with Crippen LogP contribution in [0.15, 0.2) is 18.2 Å². The largest absolute Gasteiger partial charge is 0.486 e. The van der Waals surface area contributed by atoms with Gasteiger partial charge in [0.25, 0.3) is 0 Å². The summed E-state index contributed by atoms with van der Waals surface area (Å²) in [5.41, 5.74) is 5.99. The Balaban J connectivity index is 0.00000220. The SMILES string of the molecule is CCC(CC)(CN)C(=O)Nc1ccc2c(c1)OCCO2.Cl. The highest BCUT2D eigenvalue weighted by Gasteiger charge is 2.33. The van der Waals surface area contributed by atoms with Crippen molar-refractivity contribution in [3.63, 3.8) is 0 Å². The summed E-state index contributed by atoms with van der Waals surface area (Å²) in [5, 5.41) is 2.93. The molecule has 0 saturated carbocycles. The predicted octanol–water partition coefficient (Wildman–Crippen LogP) is 2.58. The Morgan fingerprint density at radius 3 is 2.43 bits per heavy atom. The van der Waals surface area contributed by atoms with Gasteiger partial charge in [-0.15, -0.1) is 12.4 Å². The zero-order valence-corrected chi connectivity index (χ0v) is 13.3. The molecule has 6 heteroatoms. The van der Waals surface area contributed by atoms with Crippen LogP contribution in [-0.4, -0.2) is 25.7 Å². The third-order valence-corrected chi connectivity index (χ3v) is 4.03. The number of halogens is 1. The van der Waals surface area contributed by atoms with Gasteiger partial charge >= 0.3 is 0 Å². The van der Waals surface area contributed by atoms with Crippen LogP contribution in [0.2, 0.25) is 0 Å². The third-order valence-electron chi connectivity index (χ3n) is 4.03. The Bertz CT molecular complexity index is 482. The summed E-state index contributed by atoms with van der Waals surface area (Å²) < 4.78 is 11.0. The van der Waals surface area contributed by atoms with E-state index in [1.54, 1.807) is 6.07 Å². The molecule has 1 amide bonds. The van der Waals surface area contributed by atoms with Crippen molar-refractivity contribution >= 4 is 24.0 Å². The van der Waals surface area contributed by atoms with Gasteiger partial charge in [0, 0.05) is 18.3 Å². The quantitative estimate of drug-likeness (QED) is 0.876. The van der Waals surface area contributed by atoms with Crippen LogP contribution in [0.1, 0.15) is 26.7 Å². The van der Waals surface area contributed by atoms with Crippen molar-refractivity contribution in [1.82, 2.24) is 0 Å². The number of fused-ring (bicyclic) bond motifs is 1. The van der Waals surface area contributed by atoms with E-state index in [4.69, 9.17) is 15.2 Å². The minimum Gasteiger partial charge on any atom is -0.486 e. The summed E-state index contributed by atoms with van der Waals surface area (Å²) >= 11 is 0. The molecule has 0 bridgehead atoms. The summed E-state index contributed by atoms with van der Waals surface area (Å²) in [5.74, 6) is 1.34. The van der Waals surface area contributed by atoms with Crippen LogP contribution in [0.3, 0.4) is 0 Å². The first-order valence-electron chi connectivity index (χ1n) is 7.06. The molecule has 5 nitrogen and oxygen atoms in total. The number of ether oxygens (including phenoxy) is 2. The molecular weight excluding hydrogens is 292 g/mol. The predicted molar refractivity (Wildman–Crippen MR) is 85.4 cm³/mol. The highest BCUT2D eigenvalue weighted by atomic mass is 35.5. The first kappa shape index (κ1) is 17.6. The normalized spacial score (nSPS) is 13.3. The Labute approximate surface area is 131 Å². The average molecular weight is 315 g/mol. The first-order chi connectivity index (χ1) is 9.65. The first-order valence-corrected chi connectivity index (χ1v) is 7.06. The van der Waals surface area contributed by atoms with Crippen LogP contribution in [0.5, 0.6) is 11.5 Å². The van der Waals surface area contributed by atoms with Crippen LogP contribution in [-0.2, 0) is 4.79 Å². The van der Waals surface area contributed by atoms with Gasteiger partial charge in [0.15, 0.2) is 11.5 Å². The second-order valence-corrected chi connectivity index (χ2v) is 5.00. The maximum absolute atomic E-state index is 12.4. The Morgan fingerprint density at radius 2 is 1.86 bits per heavy atom. The van der Waals surface area contributed by atoms with Crippen LogP contribution >= 0.6 is 12.4 Å². The van der Waals surface area contributed by atoms with Crippen molar-refractivity contribution < 1.29 is 14.3 Å². The lowest BCUT2D eigenvalue weighted by atomic mass is 9.81. The van der Waals surface area contributed by atoms with Crippen LogP contribution < -0.4 is 20.5 Å². The van der Waals surface area contributed by atoms with Crippen LogP contribution in [0.25, 0.3) is 0 Å². The molecule has 0 radical (unpaired) electrons. The fourth-order valence-corrected chi connectivity index (χ4v) is 2.34. The van der Waals surface area contributed by atoms with E-state index in [1.165, 1.54) is 0 Å². The number of carbonyl (C=O) groups is 1. The van der Waals surface area contributed by atoms with E-state index in [-0.39, 0.29) is 18.3 Å². The van der Waals surface area contributed by atoms with E-state index < -0.39 is 5.41 Å². The van der Waals surface area contributed by atoms with Gasteiger partial charge < -0.3 is 20.5 Å². The zero-order chi connectivity index (χ0) is 14.6. The summed E-state index contributed by atoms with van der Waals surface area (Å²) in [6, 6.07) is 5.42. The fourth-order valence-electron chi connectivity index (χ4n) is 2.34. The molecule has 1 aliphatic rings. The lowest BCUT2D eigenvalue weighted by Crippen LogP contribution is -2.41. The highest BCUT2D eigenvalue weighted by molar-refractivity contribution is 5.95. The molecule has 0 aromatic heterocycles. The fraction of sp³-hybridized carbons (Fsp3) is 0.533. The van der Waals surface area contributed by atoms with E-state index in [1.807, 2.05) is 26.0 Å². The lowest BCUT2D eigenvalue weighted by Gasteiger charge is -2.28. The third kappa shape index (κ3) is 3.60.